The number of rotatable bonds is 4. The average molecular weight is 341 g/mol. The summed E-state index contributed by atoms with van der Waals surface area (Å²) in [6.45, 7) is 6.40. The molecule has 4 atom stereocenters. The Balaban J connectivity index is 2.11. The van der Waals surface area contributed by atoms with Gasteiger partial charge in [0.05, 0.1) is 0 Å². The highest BCUT2D eigenvalue weighted by Gasteiger charge is 2.35. The van der Waals surface area contributed by atoms with Crippen LogP contribution in [-0.2, 0) is 9.53 Å². The van der Waals surface area contributed by atoms with Gasteiger partial charge < -0.3 is 14.9 Å². The molecule has 1 fully saturated rings. The highest BCUT2D eigenvalue weighted by atomic mass is 35.5. The Morgan fingerprint density at radius 3 is 2.70 bits per heavy atom. The Morgan fingerprint density at radius 1 is 1.35 bits per heavy atom. The summed E-state index contributed by atoms with van der Waals surface area (Å²) in [5.41, 5.74) is 0.0763. The first-order valence-electron chi connectivity index (χ1n) is 8.16. The van der Waals surface area contributed by atoms with E-state index in [9.17, 15) is 15.0 Å². The maximum atomic E-state index is 12.3. The summed E-state index contributed by atoms with van der Waals surface area (Å²) in [5.74, 6) is 0.315. The van der Waals surface area contributed by atoms with E-state index in [-0.39, 0.29) is 17.4 Å². The third kappa shape index (κ3) is 4.39. The summed E-state index contributed by atoms with van der Waals surface area (Å²) in [5, 5.41) is 20.4. The number of ether oxygens (including phenoxy) is 1. The summed E-state index contributed by atoms with van der Waals surface area (Å²) in [7, 11) is 0. The van der Waals surface area contributed by atoms with Crippen LogP contribution in [0.3, 0.4) is 0 Å². The topological polar surface area (TPSA) is 66.8 Å². The zero-order valence-corrected chi connectivity index (χ0v) is 14.6. The fourth-order valence-electron chi connectivity index (χ4n) is 3.34. The molecule has 0 bridgehead atoms. The number of phenolic OH excluding ortho intramolecular Hbond substituents is 1. The molecule has 0 aliphatic heterocycles. The lowest BCUT2D eigenvalue weighted by atomic mass is 9.75. The number of esters is 1. The second-order valence-electron chi connectivity index (χ2n) is 6.91. The van der Waals surface area contributed by atoms with E-state index in [2.05, 4.69) is 20.8 Å². The van der Waals surface area contributed by atoms with Crippen molar-refractivity contribution in [1.29, 1.82) is 0 Å². The van der Waals surface area contributed by atoms with Crippen molar-refractivity contribution in [3.8, 4) is 5.75 Å². The quantitative estimate of drug-likeness (QED) is 0.810. The molecule has 23 heavy (non-hydrogen) atoms. The van der Waals surface area contributed by atoms with Crippen molar-refractivity contribution in [3.63, 3.8) is 0 Å². The van der Waals surface area contributed by atoms with Crippen LogP contribution < -0.4 is 0 Å². The van der Waals surface area contributed by atoms with Gasteiger partial charge in [-0.05, 0) is 48.8 Å². The molecular formula is C18H25ClO4. The number of benzene rings is 1. The summed E-state index contributed by atoms with van der Waals surface area (Å²) in [4.78, 5) is 12.3. The zero-order valence-electron chi connectivity index (χ0n) is 13.8. The number of aromatic hydroxyl groups is 1. The van der Waals surface area contributed by atoms with Crippen molar-refractivity contribution in [1.82, 2.24) is 0 Å². The molecule has 0 saturated heterocycles. The van der Waals surface area contributed by atoms with Crippen molar-refractivity contribution < 1.29 is 19.7 Å². The molecule has 1 aromatic rings. The van der Waals surface area contributed by atoms with E-state index in [0.717, 1.165) is 19.3 Å². The lowest BCUT2D eigenvalue weighted by Crippen LogP contribution is -2.37. The largest absolute Gasteiger partial charge is 0.508 e. The number of carbonyl (C=O) groups excluding carboxylic acids is 1. The van der Waals surface area contributed by atoms with Crippen molar-refractivity contribution in [2.45, 2.75) is 52.2 Å². The van der Waals surface area contributed by atoms with Crippen LogP contribution in [0.4, 0.5) is 0 Å². The van der Waals surface area contributed by atoms with Gasteiger partial charge in [-0.15, -0.1) is 0 Å². The van der Waals surface area contributed by atoms with Crippen LogP contribution in [0.25, 0.3) is 0 Å². The van der Waals surface area contributed by atoms with E-state index in [0.29, 0.717) is 22.8 Å². The number of aliphatic hydroxyl groups excluding tert-OH is 1. The Bertz CT molecular complexity index is 558. The van der Waals surface area contributed by atoms with Crippen LogP contribution in [0.15, 0.2) is 18.2 Å². The molecule has 2 N–H and O–H groups in total. The summed E-state index contributed by atoms with van der Waals surface area (Å²) in [6.07, 6.45) is 1.24. The molecule has 5 heteroatoms. The lowest BCUT2D eigenvalue weighted by Gasteiger charge is -2.37. The molecule has 2 rings (SSSR count). The van der Waals surface area contributed by atoms with Gasteiger partial charge in [0.15, 0.2) is 6.10 Å². The van der Waals surface area contributed by atoms with Gasteiger partial charge in [-0.3, -0.25) is 0 Å². The Morgan fingerprint density at radius 2 is 2.04 bits per heavy atom. The molecule has 1 aliphatic rings. The highest BCUT2D eigenvalue weighted by Crippen LogP contribution is 2.36. The SMILES string of the molecule is CC(C)[C@@H]1CC[C@@H](C)C[C@H]1OC(=O)C(O)c1cc(Cl)ccc1O. The monoisotopic (exact) mass is 340 g/mol. The molecular weight excluding hydrogens is 316 g/mol. The maximum Gasteiger partial charge on any atom is 0.340 e. The second kappa shape index (κ2) is 7.54. The van der Waals surface area contributed by atoms with Gasteiger partial charge in [0.2, 0.25) is 0 Å². The predicted molar refractivity (Wildman–Crippen MR) is 89.3 cm³/mol. The molecule has 0 amide bonds. The van der Waals surface area contributed by atoms with Crippen LogP contribution in [0.2, 0.25) is 5.02 Å². The van der Waals surface area contributed by atoms with Gasteiger partial charge >= 0.3 is 5.97 Å². The fraction of sp³-hybridized carbons (Fsp3) is 0.611. The number of hydrogen-bond donors (Lipinski definition) is 2. The molecule has 0 radical (unpaired) electrons. The van der Waals surface area contributed by atoms with Crippen molar-refractivity contribution >= 4 is 17.6 Å². The van der Waals surface area contributed by atoms with Gasteiger partial charge in [0, 0.05) is 10.6 Å². The summed E-state index contributed by atoms with van der Waals surface area (Å²) < 4.78 is 5.60. The van der Waals surface area contributed by atoms with E-state index < -0.39 is 12.1 Å². The normalized spacial score (nSPS) is 26.1. The maximum absolute atomic E-state index is 12.3. The third-order valence-corrected chi connectivity index (χ3v) is 4.97. The first-order valence-corrected chi connectivity index (χ1v) is 8.54. The van der Waals surface area contributed by atoms with Gasteiger partial charge in [0.1, 0.15) is 11.9 Å². The molecule has 1 unspecified atom stereocenters. The molecule has 1 aliphatic carbocycles. The van der Waals surface area contributed by atoms with Crippen LogP contribution in [0, 0.1) is 17.8 Å². The van der Waals surface area contributed by atoms with E-state index in [1.54, 1.807) is 0 Å². The summed E-state index contributed by atoms with van der Waals surface area (Å²) >= 11 is 5.87. The van der Waals surface area contributed by atoms with Crippen molar-refractivity contribution in [3.05, 3.63) is 28.8 Å². The highest BCUT2D eigenvalue weighted by molar-refractivity contribution is 6.30. The van der Waals surface area contributed by atoms with Crippen LogP contribution >= 0.6 is 11.6 Å². The van der Waals surface area contributed by atoms with Gasteiger partial charge in [-0.2, -0.15) is 0 Å². The number of hydrogen-bond acceptors (Lipinski definition) is 4. The minimum Gasteiger partial charge on any atom is -0.508 e. The van der Waals surface area contributed by atoms with E-state index >= 15 is 0 Å². The molecule has 128 valence electrons. The Kier molecular flexibility index (Phi) is 5.93. The molecule has 1 aromatic carbocycles. The van der Waals surface area contributed by atoms with Crippen molar-refractivity contribution in [2.24, 2.45) is 17.8 Å². The van der Waals surface area contributed by atoms with Gasteiger partial charge in [-0.1, -0.05) is 38.8 Å². The Hall–Kier alpha value is -1.26. The zero-order chi connectivity index (χ0) is 17.1. The predicted octanol–water partition coefficient (Wildman–Crippen LogP) is 4.08. The number of phenols is 1. The molecule has 1 saturated carbocycles. The molecule has 0 spiro atoms. The number of halogens is 1. The summed E-state index contributed by atoms with van der Waals surface area (Å²) in [6, 6.07) is 4.23. The van der Waals surface area contributed by atoms with Gasteiger partial charge in [0.25, 0.3) is 0 Å². The van der Waals surface area contributed by atoms with E-state index in [1.807, 2.05) is 0 Å². The first kappa shape index (κ1) is 18.1. The van der Waals surface area contributed by atoms with Crippen LogP contribution in [-0.4, -0.2) is 22.3 Å². The molecule has 0 heterocycles. The fourth-order valence-corrected chi connectivity index (χ4v) is 3.52. The minimum atomic E-state index is -1.53. The van der Waals surface area contributed by atoms with Crippen molar-refractivity contribution in [2.75, 3.05) is 0 Å². The third-order valence-electron chi connectivity index (χ3n) is 4.74. The van der Waals surface area contributed by atoms with Gasteiger partial charge in [-0.25, -0.2) is 4.79 Å². The average Bonchev–Trinajstić information content (AvgIpc) is 2.48. The minimum absolute atomic E-state index is 0.0763. The molecule has 0 aromatic heterocycles. The van der Waals surface area contributed by atoms with Crippen LogP contribution in [0.1, 0.15) is 51.7 Å². The first-order chi connectivity index (χ1) is 10.8. The van der Waals surface area contributed by atoms with Crippen LogP contribution in [0.5, 0.6) is 5.75 Å². The van der Waals surface area contributed by atoms with E-state index in [4.69, 9.17) is 16.3 Å². The smallest absolute Gasteiger partial charge is 0.340 e. The number of carbonyl (C=O) groups is 1. The number of aliphatic hydroxyl groups is 1. The lowest BCUT2D eigenvalue weighted by molar-refractivity contribution is -0.166. The Labute approximate surface area is 142 Å². The second-order valence-corrected chi connectivity index (χ2v) is 7.34. The standard InChI is InChI=1S/C18H25ClO4/c1-10(2)13-6-4-11(3)8-16(13)23-18(22)17(21)14-9-12(19)5-7-15(14)20/h5,7,9-11,13,16-17,20-21H,4,6,8H2,1-3H3/t11-,13+,16-,17?/m1/s1. The van der Waals surface area contributed by atoms with E-state index in [1.165, 1.54) is 18.2 Å². The molecule has 4 nitrogen and oxygen atoms in total.